The highest BCUT2D eigenvalue weighted by Gasteiger charge is 2.44. The van der Waals surface area contributed by atoms with Gasteiger partial charge in [-0.25, -0.2) is 9.78 Å². The molecule has 17 nitrogen and oxygen atoms in total. The maximum Gasteiger partial charge on any atom is 0.342 e. The fraction of sp³-hybridized carbons (Fsp3) is 0.545. The monoisotopic (exact) mass is 718 g/mol. The van der Waals surface area contributed by atoms with Crippen molar-refractivity contribution in [2.45, 2.75) is 64.3 Å². The number of imidazole rings is 1. The lowest BCUT2D eigenvalue weighted by Gasteiger charge is -2.26. The summed E-state index contributed by atoms with van der Waals surface area (Å²) in [5.41, 5.74) is 8.95. The number of benzene rings is 1. The van der Waals surface area contributed by atoms with Gasteiger partial charge in [-0.3, -0.25) is 14.3 Å². The Morgan fingerprint density at radius 2 is 1.94 bits per heavy atom. The van der Waals surface area contributed by atoms with E-state index in [1.807, 2.05) is 19.9 Å². The lowest BCUT2D eigenvalue weighted by Crippen LogP contribution is -2.38. The van der Waals surface area contributed by atoms with E-state index in [-0.39, 0.29) is 40.9 Å². The van der Waals surface area contributed by atoms with Crippen LogP contribution in [0.5, 0.6) is 11.5 Å². The van der Waals surface area contributed by atoms with Crippen LogP contribution in [-0.2, 0) is 36.8 Å². The van der Waals surface area contributed by atoms with Gasteiger partial charge >= 0.3 is 18.0 Å². The molecule has 0 radical (unpaired) electrons. The zero-order valence-corrected chi connectivity index (χ0v) is 28.6. The van der Waals surface area contributed by atoms with Crippen LogP contribution in [0.3, 0.4) is 0 Å². The number of aromatic hydroxyl groups is 1. The Kier molecular flexibility index (Phi) is 12.4. The molecule has 3 aliphatic rings. The molecule has 278 valence electrons. The number of rotatable bonds is 11. The second-order valence-corrected chi connectivity index (χ2v) is 12.3. The number of nitrogens with zero attached hydrogens (tertiary/aromatic N) is 5. The first-order valence-electron chi connectivity index (χ1n) is 16.4. The van der Waals surface area contributed by atoms with E-state index in [1.165, 1.54) is 10.9 Å². The highest BCUT2D eigenvalue weighted by atomic mass is 19.1. The first kappa shape index (κ1) is 37.8. The predicted octanol–water partition coefficient (Wildman–Crippen LogP) is 0.683. The van der Waals surface area contributed by atoms with Gasteiger partial charge in [-0.1, -0.05) is 11.6 Å². The van der Waals surface area contributed by atoms with Gasteiger partial charge in [-0.15, -0.1) is 0 Å². The van der Waals surface area contributed by atoms with Crippen molar-refractivity contribution in [3.05, 3.63) is 46.3 Å². The Labute approximate surface area is 292 Å². The van der Waals surface area contributed by atoms with Crippen LogP contribution in [0.15, 0.2) is 18.0 Å². The molecule has 1 aromatic carbocycles. The average molecular weight is 719 g/mol. The molecule has 0 spiro atoms. The van der Waals surface area contributed by atoms with Gasteiger partial charge in [0.1, 0.15) is 48.6 Å². The van der Waals surface area contributed by atoms with Crippen molar-refractivity contribution in [2.24, 2.45) is 0 Å². The quantitative estimate of drug-likeness (QED) is 0.104. The molecule has 0 saturated carbocycles. The normalized spacial score (nSPS) is 22.0. The number of aromatic nitrogens is 4. The molecular formula is C33H43FN6O11. The van der Waals surface area contributed by atoms with Gasteiger partial charge in [-0.2, -0.15) is 14.4 Å². The number of carbonyl (C=O) groups excluding carboxylic acids is 2. The number of fused-ring (bicyclic) bond motifs is 2. The largest absolute Gasteiger partial charge is 0.507 e. The van der Waals surface area contributed by atoms with E-state index in [2.05, 4.69) is 19.9 Å². The van der Waals surface area contributed by atoms with Crippen LogP contribution >= 0.6 is 0 Å². The van der Waals surface area contributed by atoms with E-state index in [9.17, 15) is 29.3 Å². The molecule has 0 bridgehead atoms. The van der Waals surface area contributed by atoms with Crippen LogP contribution < -0.4 is 10.5 Å². The highest BCUT2D eigenvalue weighted by Crippen LogP contribution is 2.42. The number of nitrogen functional groups attached to an aromatic ring is 1. The molecule has 6 N–H and O–H groups in total. The van der Waals surface area contributed by atoms with Crippen LogP contribution in [-0.4, -0.2) is 128 Å². The van der Waals surface area contributed by atoms with Crippen LogP contribution in [0.25, 0.3) is 11.2 Å². The van der Waals surface area contributed by atoms with E-state index in [0.717, 1.165) is 44.0 Å². The second kappa shape index (κ2) is 16.7. The number of aliphatic hydroxyl groups is 3. The summed E-state index contributed by atoms with van der Waals surface area (Å²) in [5.74, 6) is -0.414. The number of hydrogen-bond donors (Lipinski definition) is 5. The summed E-state index contributed by atoms with van der Waals surface area (Å²) in [4.78, 5) is 37.1. The van der Waals surface area contributed by atoms with Gasteiger partial charge < -0.3 is 49.8 Å². The number of anilines is 1. The van der Waals surface area contributed by atoms with E-state index in [0.29, 0.717) is 42.7 Å². The summed E-state index contributed by atoms with van der Waals surface area (Å²) in [6, 6.07) is 0. The Morgan fingerprint density at radius 1 is 1.20 bits per heavy atom. The van der Waals surface area contributed by atoms with E-state index in [1.54, 1.807) is 7.11 Å². The number of phenols is 1. The van der Waals surface area contributed by atoms with E-state index in [4.69, 9.17) is 34.5 Å². The molecule has 5 heterocycles. The molecule has 2 saturated heterocycles. The summed E-state index contributed by atoms with van der Waals surface area (Å²) >= 11 is 0. The lowest BCUT2D eigenvalue weighted by molar-refractivity contribution is -0.144. The third kappa shape index (κ3) is 8.37. The van der Waals surface area contributed by atoms with Crippen LogP contribution in [0.2, 0.25) is 0 Å². The number of halogens is 1. The first-order chi connectivity index (χ1) is 24.4. The maximum atomic E-state index is 13.2. The number of esters is 2. The number of morpholine rings is 1. The predicted molar refractivity (Wildman–Crippen MR) is 176 cm³/mol. The summed E-state index contributed by atoms with van der Waals surface area (Å²) in [5, 5.41) is 39.3. The zero-order valence-electron chi connectivity index (χ0n) is 28.6. The average Bonchev–Trinajstić information content (AvgIpc) is 3.80. The molecule has 4 atom stereocenters. The number of nitrogens with two attached hydrogens (primary N) is 1. The smallest absolute Gasteiger partial charge is 0.342 e. The topological polar surface area (TPSA) is 234 Å². The SMILES string of the molecule is COc1c(C)c2c(c(O)c1C/C=C(\C)CCC(=O)OCCN1CCOCC1)C(=O)OC2.Nc1nc(F)nc2c1ncn2[C@@H]1O[C@H](CO)[C@@H](O)[C@@H]1O. The van der Waals surface area contributed by atoms with Crippen LogP contribution in [0.1, 0.15) is 53.0 Å². The van der Waals surface area contributed by atoms with Crippen LogP contribution in [0, 0.1) is 13.0 Å². The van der Waals surface area contributed by atoms with Gasteiger partial charge in [0.2, 0.25) is 0 Å². The van der Waals surface area contributed by atoms with Crippen molar-refractivity contribution in [1.29, 1.82) is 0 Å². The molecular weight excluding hydrogens is 675 g/mol. The molecule has 0 amide bonds. The summed E-state index contributed by atoms with van der Waals surface area (Å²) < 4.78 is 41.0. The number of aliphatic hydroxyl groups excluding tert-OH is 3. The molecule has 18 heteroatoms. The summed E-state index contributed by atoms with van der Waals surface area (Å²) in [6.07, 6.45) is -1.21. The van der Waals surface area contributed by atoms with Gasteiger partial charge in [0.15, 0.2) is 23.2 Å². The summed E-state index contributed by atoms with van der Waals surface area (Å²) in [7, 11) is 1.54. The molecule has 3 aliphatic heterocycles. The van der Waals surface area contributed by atoms with Crippen molar-refractivity contribution in [3.63, 3.8) is 0 Å². The minimum atomic E-state index is -1.32. The fourth-order valence-corrected chi connectivity index (χ4v) is 6.10. The Bertz CT molecular complexity index is 1760. The molecule has 51 heavy (non-hydrogen) atoms. The van der Waals surface area contributed by atoms with Crippen molar-refractivity contribution in [3.8, 4) is 11.5 Å². The maximum absolute atomic E-state index is 13.2. The number of phenolic OH excluding ortho intramolecular Hbond substituents is 1. The van der Waals surface area contributed by atoms with Crippen molar-refractivity contribution in [2.75, 3.05) is 58.9 Å². The Morgan fingerprint density at radius 3 is 2.63 bits per heavy atom. The molecule has 0 unspecified atom stereocenters. The van der Waals surface area contributed by atoms with Gasteiger partial charge in [0.25, 0.3) is 0 Å². The van der Waals surface area contributed by atoms with Crippen molar-refractivity contribution < 1.29 is 58.1 Å². The van der Waals surface area contributed by atoms with Crippen molar-refractivity contribution in [1.82, 2.24) is 24.4 Å². The number of methoxy groups -OCH3 is 1. The highest BCUT2D eigenvalue weighted by molar-refractivity contribution is 5.98. The first-order valence-corrected chi connectivity index (χ1v) is 16.4. The van der Waals surface area contributed by atoms with Crippen LogP contribution in [0.4, 0.5) is 10.2 Å². The number of allylic oxidation sites excluding steroid dienone is 2. The standard InChI is InChI=1S/C23H31NO7.C10H12FN5O4/c1-15(5-7-19(25)30-13-10-24-8-11-29-12-9-24)4-6-17-21(26)20-18(14-31-23(20)27)16(2)22(17)28-3;11-10-14-7(12)4-8(15-10)16(2-13-4)9-6(19)5(18)3(1-17)20-9/h4,26H,5-14H2,1-3H3;2-3,5-6,9,17-19H,1H2,(H2,12,14,15)/b15-4+;/t;3-,5-,6+,9-/m.1/s1. The molecule has 2 aromatic heterocycles. The summed E-state index contributed by atoms with van der Waals surface area (Å²) in [6.45, 7) is 7.77. The number of cyclic esters (lactones) is 1. The minimum absolute atomic E-state index is 0.0323. The van der Waals surface area contributed by atoms with Gasteiger partial charge in [-0.05, 0) is 32.3 Å². The Balaban J connectivity index is 0.000000216. The lowest BCUT2D eigenvalue weighted by atomic mass is 9.94. The third-order valence-corrected chi connectivity index (χ3v) is 9.01. The fourth-order valence-electron chi connectivity index (χ4n) is 6.10. The second-order valence-electron chi connectivity index (χ2n) is 12.3. The number of carbonyl (C=O) groups is 2. The van der Waals surface area contributed by atoms with Gasteiger partial charge in [0.05, 0.1) is 33.3 Å². The Hall–Kier alpha value is -4.46. The molecule has 6 rings (SSSR count). The zero-order chi connectivity index (χ0) is 36.8. The minimum Gasteiger partial charge on any atom is -0.507 e. The van der Waals surface area contributed by atoms with E-state index < -0.39 is 43.2 Å². The number of hydrogen-bond acceptors (Lipinski definition) is 16. The van der Waals surface area contributed by atoms with E-state index >= 15 is 0 Å². The third-order valence-electron chi connectivity index (χ3n) is 9.01. The number of ether oxygens (including phenoxy) is 5. The molecule has 3 aromatic rings. The molecule has 0 aliphatic carbocycles. The van der Waals surface area contributed by atoms with Crippen molar-refractivity contribution >= 4 is 28.9 Å². The van der Waals surface area contributed by atoms with Gasteiger partial charge in [0, 0.05) is 37.2 Å². The molecule has 2 fully saturated rings.